The number of carbonyl (C=O) groups is 2. The van der Waals surface area contributed by atoms with Crippen molar-refractivity contribution in [1.29, 1.82) is 0 Å². The lowest BCUT2D eigenvalue weighted by Gasteiger charge is -2.32. The van der Waals surface area contributed by atoms with E-state index in [0.717, 1.165) is 0 Å². The molecule has 0 unspecified atom stereocenters. The second kappa shape index (κ2) is 8.57. The van der Waals surface area contributed by atoms with Crippen LogP contribution in [0.15, 0.2) is 11.0 Å². The first-order chi connectivity index (χ1) is 13.0. The highest BCUT2D eigenvalue weighted by molar-refractivity contribution is 6.33. The van der Waals surface area contributed by atoms with Gasteiger partial charge in [0.2, 0.25) is 5.91 Å². The molecule has 1 aromatic rings. The predicted molar refractivity (Wildman–Crippen MR) is 96.8 cm³/mol. The van der Waals surface area contributed by atoms with Crippen LogP contribution in [0.2, 0.25) is 5.02 Å². The molecule has 2 amide bonds. The van der Waals surface area contributed by atoms with E-state index in [0.29, 0.717) is 51.1 Å². The van der Waals surface area contributed by atoms with Crippen molar-refractivity contribution >= 4 is 29.3 Å². The highest BCUT2D eigenvalue weighted by atomic mass is 35.5. The summed E-state index contributed by atoms with van der Waals surface area (Å²) in [6.07, 6.45) is 2.53. The first kappa shape index (κ1) is 19.4. The highest BCUT2D eigenvalue weighted by Gasteiger charge is 2.29. The second-order valence-corrected chi connectivity index (χ2v) is 7.00. The van der Waals surface area contributed by atoms with E-state index in [1.807, 2.05) is 4.90 Å². The normalized spacial score (nSPS) is 20.6. The molecule has 0 saturated carbocycles. The fraction of sp³-hybridized carbons (Fsp3) is 0.625. The molecule has 1 aromatic heterocycles. The number of hydrogen-bond acceptors (Lipinski definition) is 7. The molecule has 2 fully saturated rings. The molecular formula is C16H22ClN5O5. The van der Waals surface area contributed by atoms with Crippen molar-refractivity contribution in [2.24, 2.45) is 0 Å². The lowest BCUT2D eigenvalue weighted by molar-refractivity contribution is -0.135. The molecule has 3 heterocycles. The maximum atomic E-state index is 12.1. The van der Waals surface area contributed by atoms with E-state index in [9.17, 15) is 14.4 Å². The molecule has 3 rings (SSSR count). The SMILES string of the molecule is O=C(NC1CCN(C(=O)CO)CC1)O[C@@H]1CCN(c2cn[nH]c(=O)c2Cl)C1. The van der Waals surface area contributed by atoms with Crippen LogP contribution in [0, 0.1) is 0 Å². The van der Waals surface area contributed by atoms with Gasteiger partial charge in [-0.2, -0.15) is 5.10 Å². The van der Waals surface area contributed by atoms with E-state index in [4.69, 9.17) is 21.4 Å². The van der Waals surface area contributed by atoms with Gasteiger partial charge in [0.15, 0.2) is 0 Å². The van der Waals surface area contributed by atoms with Crippen molar-refractivity contribution < 1.29 is 19.4 Å². The summed E-state index contributed by atoms with van der Waals surface area (Å²) in [6, 6.07) is -0.0657. The number of aromatic nitrogens is 2. The van der Waals surface area contributed by atoms with Gasteiger partial charge >= 0.3 is 6.09 Å². The third kappa shape index (κ3) is 4.69. The van der Waals surface area contributed by atoms with Crippen LogP contribution < -0.4 is 15.8 Å². The molecule has 0 aromatic carbocycles. The maximum Gasteiger partial charge on any atom is 0.407 e. The number of alkyl carbamates (subject to hydrolysis) is 1. The van der Waals surface area contributed by atoms with Crippen LogP contribution in [-0.2, 0) is 9.53 Å². The number of nitrogens with zero attached hydrogens (tertiary/aromatic N) is 3. The molecule has 3 N–H and O–H groups in total. The lowest BCUT2D eigenvalue weighted by atomic mass is 10.1. The first-order valence-corrected chi connectivity index (χ1v) is 9.19. The van der Waals surface area contributed by atoms with Gasteiger partial charge in [0, 0.05) is 32.1 Å². The maximum absolute atomic E-state index is 12.1. The number of aliphatic hydroxyl groups excluding tert-OH is 1. The second-order valence-electron chi connectivity index (χ2n) is 6.62. The number of aliphatic hydroxyl groups is 1. The summed E-state index contributed by atoms with van der Waals surface area (Å²) in [5.41, 5.74) is 0.0650. The molecule has 11 heteroatoms. The van der Waals surface area contributed by atoms with E-state index in [1.54, 1.807) is 4.90 Å². The Morgan fingerprint density at radius 1 is 1.33 bits per heavy atom. The zero-order chi connectivity index (χ0) is 19.4. The fourth-order valence-corrected chi connectivity index (χ4v) is 3.57. The number of halogens is 1. The van der Waals surface area contributed by atoms with Crippen molar-refractivity contribution in [3.05, 3.63) is 21.6 Å². The number of amides is 2. The summed E-state index contributed by atoms with van der Waals surface area (Å²) >= 11 is 6.01. The van der Waals surface area contributed by atoms with Crippen LogP contribution in [-0.4, -0.2) is 77.1 Å². The van der Waals surface area contributed by atoms with Gasteiger partial charge in [0.1, 0.15) is 17.7 Å². The number of anilines is 1. The van der Waals surface area contributed by atoms with Gasteiger partial charge in [0.25, 0.3) is 5.56 Å². The average molecular weight is 400 g/mol. The molecule has 10 nitrogen and oxygen atoms in total. The Morgan fingerprint density at radius 3 is 2.78 bits per heavy atom. The molecule has 0 aliphatic carbocycles. The average Bonchev–Trinajstić information content (AvgIpc) is 3.12. The van der Waals surface area contributed by atoms with Gasteiger partial charge in [0.05, 0.1) is 18.4 Å². The molecule has 148 valence electrons. The van der Waals surface area contributed by atoms with Crippen molar-refractivity contribution in [1.82, 2.24) is 20.4 Å². The summed E-state index contributed by atoms with van der Waals surface area (Å²) in [4.78, 5) is 38.6. The zero-order valence-corrected chi connectivity index (χ0v) is 15.4. The Morgan fingerprint density at radius 2 is 2.07 bits per heavy atom. The van der Waals surface area contributed by atoms with E-state index < -0.39 is 18.3 Å². The summed E-state index contributed by atoms with van der Waals surface area (Å²) < 4.78 is 5.47. The number of hydrogen-bond donors (Lipinski definition) is 3. The minimum absolute atomic E-state index is 0.0657. The van der Waals surface area contributed by atoms with Crippen LogP contribution in [0.25, 0.3) is 0 Å². The fourth-order valence-electron chi connectivity index (χ4n) is 3.36. The molecular weight excluding hydrogens is 378 g/mol. The van der Waals surface area contributed by atoms with Gasteiger partial charge in [-0.05, 0) is 12.8 Å². The molecule has 2 aliphatic heterocycles. The predicted octanol–water partition coefficient (Wildman–Crippen LogP) is -0.289. The smallest absolute Gasteiger partial charge is 0.407 e. The van der Waals surface area contributed by atoms with E-state index in [-0.39, 0.29) is 23.1 Å². The monoisotopic (exact) mass is 399 g/mol. The quantitative estimate of drug-likeness (QED) is 0.634. The van der Waals surface area contributed by atoms with Gasteiger partial charge < -0.3 is 25.0 Å². The summed E-state index contributed by atoms with van der Waals surface area (Å²) in [5, 5.41) is 17.8. The number of ether oxygens (including phenoxy) is 1. The number of likely N-dealkylation sites (tertiary alicyclic amines) is 1. The van der Waals surface area contributed by atoms with Crippen LogP contribution in [0.5, 0.6) is 0 Å². The van der Waals surface area contributed by atoms with E-state index >= 15 is 0 Å². The van der Waals surface area contributed by atoms with Gasteiger partial charge in [-0.15, -0.1) is 0 Å². The Balaban J connectivity index is 1.45. The first-order valence-electron chi connectivity index (χ1n) is 8.82. The Hall–Kier alpha value is -2.33. The van der Waals surface area contributed by atoms with Gasteiger partial charge in [-0.25, -0.2) is 9.89 Å². The number of aromatic amines is 1. The van der Waals surface area contributed by atoms with Crippen LogP contribution in [0.3, 0.4) is 0 Å². The minimum atomic E-state index is -0.496. The van der Waals surface area contributed by atoms with Crippen molar-refractivity contribution in [2.75, 3.05) is 37.7 Å². The standard InChI is InChI=1S/C16H22ClN5O5/c17-14-12(7-18-20-15(14)25)22-6-3-11(8-22)27-16(26)19-10-1-4-21(5-2-10)13(24)9-23/h7,10-11,23H,1-6,8-9H2,(H,19,26)(H,20,25)/t11-/m1/s1. The Labute approximate surface area is 160 Å². The van der Waals surface area contributed by atoms with Crippen LogP contribution >= 0.6 is 11.6 Å². The summed E-state index contributed by atoms with van der Waals surface area (Å²) in [6.45, 7) is 1.53. The Bertz CT molecular complexity index is 749. The van der Waals surface area contributed by atoms with Gasteiger partial charge in [-0.3, -0.25) is 9.59 Å². The van der Waals surface area contributed by atoms with Crippen LogP contribution in [0.1, 0.15) is 19.3 Å². The van der Waals surface area contributed by atoms with Crippen molar-refractivity contribution in [2.45, 2.75) is 31.4 Å². The highest BCUT2D eigenvalue weighted by Crippen LogP contribution is 2.25. The molecule has 0 radical (unpaired) electrons. The van der Waals surface area contributed by atoms with E-state index in [1.165, 1.54) is 6.20 Å². The number of piperidine rings is 1. The number of rotatable bonds is 4. The third-order valence-electron chi connectivity index (χ3n) is 4.84. The van der Waals surface area contributed by atoms with E-state index in [2.05, 4.69) is 15.5 Å². The molecule has 2 aliphatic rings. The molecule has 0 bridgehead atoms. The van der Waals surface area contributed by atoms with Gasteiger partial charge in [-0.1, -0.05) is 11.6 Å². The number of H-pyrrole nitrogens is 1. The molecule has 2 saturated heterocycles. The van der Waals surface area contributed by atoms with Crippen LogP contribution in [0.4, 0.5) is 10.5 Å². The Kier molecular flexibility index (Phi) is 6.17. The summed E-state index contributed by atoms with van der Waals surface area (Å²) in [5.74, 6) is -0.296. The molecule has 1 atom stereocenters. The third-order valence-corrected chi connectivity index (χ3v) is 5.21. The zero-order valence-electron chi connectivity index (χ0n) is 14.7. The molecule has 27 heavy (non-hydrogen) atoms. The molecule has 0 spiro atoms. The number of carbonyl (C=O) groups excluding carboxylic acids is 2. The number of nitrogens with one attached hydrogen (secondary N) is 2. The topological polar surface area (TPSA) is 128 Å². The van der Waals surface area contributed by atoms with Crippen molar-refractivity contribution in [3.8, 4) is 0 Å². The summed E-state index contributed by atoms with van der Waals surface area (Å²) in [7, 11) is 0. The lowest BCUT2D eigenvalue weighted by Crippen LogP contribution is -2.47. The van der Waals surface area contributed by atoms with Crippen molar-refractivity contribution in [3.63, 3.8) is 0 Å². The largest absolute Gasteiger partial charge is 0.444 e. The minimum Gasteiger partial charge on any atom is -0.444 e.